The number of benzene rings is 2. The lowest BCUT2D eigenvalue weighted by atomic mass is 10.0. The minimum absolute atomic E-state index is 0.0152. The Kier molecular flexibility index (Phi) is 5.23. The van der Waals surface area contributed by atoms with Crippen molar-refractivity contribution in [3.63, 3.8) is 0 Å². The van der Waals surface area contributed by atoms with Gasteiger partial charge in [-0.25, -0.2) is 4.79 Å². The third-order valence-corrected chi connectivity index (χ3v) is 3.87. The van der Waals surface area contributed by atoms with Crippen LogP contribution in [-0.2, 0) is 14.3 Å². The summed E-state index contributed by atoms with van der Waals surface area (Å²) in [5.74, 6) is -0.383. The van der Waals surface area contributed by atoms with E-state index in [9.17, 15) is 4.79 Å². The van der Waals surface area contributed by atoms with Gasteiger partial charge in [0.05, 0.1) is 18.3 Å². The largest absolute Gasteiger partial charge is 0.459 e. The number of hydrogen-bond acceptors (Lipinski definition) is 5. The van der Waals surface area contributed by atoms with Crippen molar-refractivity contribution >= 4 is 17.4 Å². The lowest BCUT2D eigenvalue weighted by Crippen LogP contribution is -2.19. The van der Waals surface area contributed by atoms with E-state index in [0.717, 1.165) is 11.3 Å². The zero-order valence-corrected chi connectivity index (χ0v) is 13.6. The van der Waals surface area contributed by atoms with Crippen molar-refractivity contribution in [1.82, 2.24) is 0 Å². The quantitative estimate of drug-likeness (QED) is 0.605. The zero-order chi connectivity index (χ0) is 16.8. The van der Waals surface area contributed by atoms with Gasteiger partial charge in [-0.15, -0.1) is 0 Å². The van der Waals surface area contributed by atoms with Gasteiger partial charge in [0.2, 0.25) is 0 Å². The predicted octanol–water partition coefficient (Wildman–Crippen LogP) is 3.18. The maximum absolute atomic E-state index is 12.2. The molecule has 0 N–H and O–H groups in total. The highest BCUT2D eigenvalue weighted by molar-refractivity contribution is 6.37. The fourth-order valence-corrected chi connectivity index (χ4v) is 2.69. The fourth-order valence-electron chi connectivity index (χ4n) is 2.69. The Morgan fingerprint density at radius 2 is 1.75 bits per heavy atom. The first-order chi connectivity index (χ1) is 11.8. The molecular weight excluding hydrogens is 304 g/mol. The van der Waals surface area contributed by atoms with E-state index in [1.807, 2.05) is 53.5 Å². The summed E-state index contributed by atoms with van der Waals surface area (Å²) in [5, 5.41) is 6.42. The molecule has 1 unspecified atom stereocenters. The Bertz CT molecular complexity index is 701. The summed E-state index contributed by atoms with van der Waals surface area (Å²) in [4.78, 5) is 12.2. The molecule has 5 nitrogen and oxygen atoms in total. The van der Waals surface area contributed by atoms with Crippen LogP contribution < -0.4 is 5.01 Å². The van der Waals surface area contributed by atoms with Gasteiger partial charge in [-0.1, -0.05) is 48.5 Å². The van der Waals surface area contributed by atoms with E-state index >= 15 is 0 Å². The molecule has 0 fully saturated rings. The number of nitrogens with zero attached hydrogens (tertiary/aromatic N) is 2. The zero-order valence-electron chi connectivity index (χ0n) is 13.6. The number of anilines is 1. The molecule has 0 spiro atoms. The maximum atomic E-state index is 12.2. The summed E-state index contributed by atoms with van der Waals surface area (Å²) in [6.07, 6.45) is 0.519. The van der Waals surface area contributed by atoms with E-state index in [1.165, 1.54) is 0 Å². The van der Waals surface area contributed by atoms with Gasteiger partial charge < -0.3 is 9.47 Å². The van der Waals surface area contributed by atoms with Gasteiger partial charge in [0.15, 0.2) is 0 Å². The molecule has 0 aromatic heterocycles. The molecule has 5 heteroatoms. The number of carbonyl (C=O) groups excluding carboxylic acids is 1. The third kappa shape index (κ3) is 3.63. The van der Waals surface area contributed by atoms with E-state index in [-0.39, 0.29) is 18.6 Å². The number of rotatable bonds is 6. The molecule has 2 aromatic rings. The highest BCUT2D eigenvalue weighted by atomic mass is 16.6. The van der Waals surface area contributed by atoms with Crippen LogP contribution in [0.25, 0.3) is 0 Å². The molecule has 1 heterocycles. The Labute approximate surface area is 141 Å². The first kappa shape index (κ1) is 16.2. The van der Waals surface area contributed by atoms with Crippen molar-refractivity contribution in [3.05, 3.63) is 66.2 Å². The van der Waals surface area contributed by atoms with Gasteiger partial charge in [-0.3, -0.25) is 5.01 Å². The van der Waals surface area contributed by atoms with Crippen LogP contribution in [0.5, 0.6) is 0 Å². The lowest BCUT2D eigenvalue weighted by Gasteiger charge is -2.23. The molecule has 0 amide bonds. The summed E-state index contributed by atoms with van der Waals surface area (Å²) < 4.78 is 10.1. The number of ether oxygens (including phenoxy) is 2. The molecule has 1 aliphatic heterocycles. The molecule has 0 aliphatic carbocycles. The molecule has 2 aromatic carbocycles. The number of hydrogen-bond donors (Lipinski definition) is 0. The average Bonchev–Trinajstić information content (AvgIpc) is 3.09. The molecule has 1 atom stereocenters. The number of carbonyl (C=O) groups is 1. The Hall–Kier alpha value is -2.66. The number of hydrazone groups is 1. The first-order valence-electron chi connectivity index (χ1n) is 7.92. The molecular formula is C19H20N2O3. The monoisotopic (exact) mass is 324 g/mol. The molecule has 24 heavy (non-hydrogen) atoms. The van der Waals surface area contributed by atoms with Crippen LogP contribution >= 0.6 is 0 Å². The van der Waals surface area contributed by atoms with Gasteiger partial charge >= 0.3 is 5.97 Å². The van der Waals surface area contributed by atoms with Crippen molar-refractivity contribution < 1.29 is 14.3 Å². The maximum Gasteiger partial charge on any atom is 0.354 e. The second-order valence-electron chi connectivity index (χ2n) is 5.49. The smallest absolute Gasteiger partial charge is 0.354 e. The van der Waals surface area contributed by atoms with E-state index in [0.29, 0.717) is 18.7 Å². The Morgan fingerprint density at radius 1 is 1.08 bits per heavy atom. The minimum Gasteiger partial charge on any atom is -0.459 e. The lowest BCUT2D eigenvalue weighted by molar-refractivity contribution is -0.136. The van der Waals surface area contributed by atoms with Gasteiger partial charge in [0.25, 0.3) is 0 Å². The summed E-state index contributed by atoms with van der Waals surface area (Å²) in [6, 6.07) is 19.9. The average molecular weight is 324 g/mol. The molecule has 3 rings (SSSR count). The van der Waals surface area contributed by atoms with Crippen molar-refractivity contribution in [1.29, 1.82) is 0 Å². The molecule has 0 saturated carbocycles. The summed E-state index contributed by atoms with van der Waals surface area (Å²) in [6.45, 7) is 0.610. The van der Waals surface area contributed by atoms with Crippen molar-refractivity contribution in [2.75, 3.05) is 25.3 Å². The van der Waals surface area contributed by atoms with E-state index in [1.54, 1.807) is 7.11 Å². The van der Waals surface area contributed by atoms with Crippen LogP contribution in [0.15, 0.2) is 65.8 Å². The standard InChI is InChI=1S/C19H20N2O3/c1-23-12-13-24-19(22)17-14-18(15-8-4-2-5-9-15)21(20-17)16-10-6-3-7-11-16/h2-11,18H,12-14H2,1H3. The summed E-state index contributed by atoms with van der Waals surface area (Å²) >= 11 is 0. The Morgan fingerprint density at radius 3 is 2.42 bits per heavy atom. The minimum atomic E-state index is -0.383. The fraction of sp³-hybridized carbons (Fsp3) is 0.263. The van der Waals surface area contributed by atoms with Crippen LogP contribution in [0.1, 0.15) is 18.0 Å². The van der Waals surface area contributed by atoms with Crippen molar-refractivity contribution in [2.45, 2.75) is 12.5 Å². The van der Waals surface area contributed by atoms with Crippen LogP contribution in [0.3, 0.4) is 0 Å². The summed E-state index contributed by atoms with van der Waals surface area (Å²) in [7, 11) is 1.57. The van der Waals surface area contributed by atoms with Crippen LogP contribution in [0, 0.1) is 0 Å². The van der Waals surface area contributed by atoms with E-state index in [4.69, 9.17) is 9.47 Å². The molecule has 0 saturated heterocycles. The molecule has 124 valence electrons. The van der Waals surface area contributed by atoms with Crippen molar-refractivity contribution in [2.24, 2.45) is 5.10 Å². The van der Waals surface area contributed by atoms with Gasteiger partial charge in [-0.05, 0) is 17.7 Å². The van der Waals surface area contributed by atoms with Crippen LogP contribution in [0.4, 0.5) is 5.69 Å². The SMILES string of the molecule is COCCOC(=O)C1=NN(c2ccccc2)C(c2ccccc2)C1. The second-order valence-corrected chi connectivity index (χ2v) is 5.49. The molecule has 1 aliphatic rings. The number of esters is 1. The van der Waals surface area contributed by atoms with Gasteiger partial charge in [0.1, 0.15) is 12.3 Å². The van der Waals surface area contributed by atoms with Crippen LogP contribution in [0.2, 0.25) is 0 Å². The predicted molar refractivity (Wildman–Crippen MR) is 93.0 cm³/mol. The van der Waals surface area contributed by atoms with E-state index < -0.39 is 0 Å². The summed E-state index contributed by atoms with van der Waals surface area (Å²) in [5.41, 5.74) is 2.50. The third-order valence-electron chi connectivity index (χ3n) is 3.87. The molecule has 0 radical (unpaired) electrons. The first-order valence-corrected chi connectivity index (χ1v) is 7.92. The van der Waals surface area contributed by atoms with E-state index in [2.05, 4.69) is 17.2 Å². The normalized spacial score (nSPS) is 16.8. The Balaban J connectivity index is 1.84. The second kappa shape index (κ2) is 7.75. The molecule has 0 bridgehead atoms. The van der Waals surface area contributed by atoms with Gasteiger partial charge in [-0.2, -0.15) is 5.10 Å². The van der Waals surface area contributed by atoms with Gasteiger partial charge in [0, 0.05) is 13.5 Å². The number of methoxy groups -OCH3 is 1. The van der Waals surface area contributed by atoms with Crippen LogP contribution in [-0.4, -0.2) is 32.0 Å². The number of para-hydroxylation sites is 1. The highest BCUT2D eigenvalue weighted by Gasteiger charge is 2.33. The van der Waals surface area contributed by atoms with Crippen molar-refractivity contribution in [3.8, 4) is 0 Å². The highest BCUT2D eigenvalue weighted by Crippen LogP contribution is 2.35. The topological polar surface area (TPSA) is 51.1 Å².